The van der Waals surface area contributed by atoms with Crippen molar-refractivity contribution in [3.05, 3.63) is 12.4 Å². The van der Waals surface area contributed by atoms with E-state index in [2.05, 4.69) is 15.2 Å². The van der Waals surface area contributed by atoms with Crippen molar-refractivity contribution in [3.8, 4) is 0 Å². The van der Waals surface area contributed by atoms with E-state index in [1.54, 1.807) is 6.20 Å². The predicted molar refractivity (Wildman–Crippen MR) is 80.7 cm³/mol. The van der Waals surface area contributed by atoms with Crippen LogP contribution in [0.15, 0.2) is 12.4 Å². The molecular formula is C13H23N5O3S. The second kappa shape index (κ2) is 6.61. The maximum atomic E-state index is 12.4. The fourth-order valence-corrected chi connectivity index (χ4v) is 4.73. The summed E-state index contributed by atoms with van der Waals surface area (Å²) < 4.78 is 27.8. The van der Waals surface area contributed by atoms with Crippen LogP contribution >= 0.6 is 0 Å². The van der Waals surface area contributed by atoms with Crippen molar-refractivity contribution in [1.82, 2.24) is 24.2 Å². The zero-order chi connectivity index (χ0) is 15.6. The monoisotopic (exact) mass is 329 g/mol. The van der Waals surface area contributed by atoms with Gasteiger partial charge in [-0.3, -0.25) is 0 Å². The van der Waals surface area contributed by atoms with Gasteiger partial charge in [-0.15, -0.1) is 5.10 Å². The van der Waals surface area contributed by atoms with E-state index in [0.29, 0.717) is 6.42 Å². The van der Waals surface area contributed by atoms with E-state index in [4.69, 9.17) is 0 Å². The molecule has 0 bridgehead atoms. The highest BCUT2D eigenvalue weighted by atomic mass is 32.2. The number of nitrogens with zero attached hydrogens (tertiary/aromatic N) is 5. The molecule has 1 aromatic rings. The number of hydrogen-bond acceptors (Lipinski definition) is 6. The summed E-state index contributed by atoms with van der Waals surface area (Å²) in [6.45, 7) is 3.39. The van der Waals surface area contributed by atoms with Crippen LogP contribution in [-0.4, -0.2) is 82.3 Å². The quantitative estimate of drug-likeness (QED) is 0.743. The lowest BCUT2D eigenvalue weighted by molar-refractivity contribution is 0.142. The highest BCUT2D eigenvalue weighted by Crippen LogP contribution is 2.24. The summed E-state index contributed by atoms with van der Waals surface area (Å²) in [4.78, 5) is 2.31. The normalized spacial score (nSPS) is 27.7. The van der Waals surface area contributed by atoms with Crippen molar-refractivity contribution < 1.29 is 13.5 Å². The number of β-amino-alcohol motifs (C(OH)–C–C–N with tert-alkyl or cyclic N) is 1. The van der Waals surface area contributed by atoms with E-state index in [-0.39, 0.29) is 24.9 Å². The van der Waals surface area contributed by atoms with Gasteiger partial charge in [-0.2, -0.15) is 4.31 Å². The lowest BCUT2D eigenvalue weighted by atomic mass is 10.2. The molecule has 2 aliphatic rings. The van der Waals surface area contributed by atoms with Crippen LogP contribution in [0, 0.1) is 0 Å². The lowest BCUT2D eigenvalue weighted by Gasteiger charge is -2.18. The van der Waals surface area contributed by atoms with Gasteiger partial charge in [0.25, 0.3) is 0 Å². The van der Waals surface area contributed by atoms with Crippen molar-refractivity contribution in [2.24, 2.45) is 0 Å². The van der Waals surface area contributed by atoms with Crippen LogP contribution in [0.5, 0.6) is 0 Å². The topological polar surface area (TPSA) is 91.6 Å². The van der Waals surface area contributed by atoms with E-state index in [1.165, 1.54) is 28.0 Å². The van der Waals surface area contributed by atoms with Crippen LogP contribution in [0.4, 0.5) is 0 Å². The Morgan fingerprint density at radius 1 is 1.23 bits per heavy atom. The maximum Gasteiger partial charge on any atom is 0.214 e. The van der Waals surface area contributed by atoms with Gasteiger partial charge in [0.05, 0.1) is 24.1 Å². The van der Waals surface area contributed by atoms with Crippen LogP contribution < -0.4 is 0 Å². The van der Waals surface area contributed by atoms with Gasteiger partial charge in [-0.1, -0.05) is 5.21 Å². The SMILES string of the molecule is O=S(=O)(CCCN1CCCC1)N1C[C@@H](O)[C@H](n2ccnn2)C1. The molecule has 9 heteroatoms. The van der Waals surface area contributed by atoms with Crippen LogP contribution in [-0.2, 0) is 10.0 Å². The number of aromatic nitrogens is 3. The van der Waals surface area contributed by atoms with Crippen molar-refractivity contribution >= 4 is 10.0 Å². The predicted octanol–water partition coefficient (Wildman–Crippen LogP) is -0.689. The summed E-state index contributed by atoms with van der Waals surface area (Å²) in [5, 5.41) is 17.7. The molecule has 0 radical (unpaired) electrons. The fraction of sp³-hybridized carbons (Fsp3) is 0.846. The van der Waals surface area contributed by atoms with Gasteiger partial charge in [0.2, 0.25) is 10.0 Å². The zero-order valence-corrected chi connectivity index (χ0v) is 13.4. The largest absolute Gasteiger partial charge is 0.389 e. The van der Waals surface area contributed by atoms with Crippen LogP contribution in [0.3, 0.4) is 0 Å². The third kappa shape index (κ3) is 3.48. The molecule has 124 valence electrons. The van der Waals surface area contributed by atoms with E-state index < -0.39 is 16.1 Å². The molecule has 8 nitrogen and oxygen atoms in total. The smallest absolute Gasteiger partial charge is 0.214 e. The number of likely N-dealkylation sites (tertiary alicyclic amines) is 1. The first-order chi connectivity index (χ1) is 10.6. The van der Waals surface area contributed by atoms with Gasteiger partial charge in [0, 0.05) is 19.3 Å². The molecule has 3 heterocycles. The Morgan fingerprint density at radius 3 is 2.68 bits per heavy atom. The highest BCUT2D eigenvalue weighted by molar-refractivity contribution is 7.89. The minimum absolute atomic E-state index is 0.135. The van der Waals surface area contributed by atoms with Gasteiger partial charge >= 0.3 is 0 Å². The Morgan fingerprint density at radius 2 is 2.00 bits per heavy atom. The molecule has 2 aliphatic heterocycles. The number of sulfonamides is 1. The molecule has 0 unspecified atom stereocenters. The Hall–Kier alpha value is -1.03. The van der Waals surface area contributed by atoms with Crippen LogP contribution in [0.25, 0.3) is 0 Å². The first-order valence-electron chi connectivity index (χ1n) is 7.80. The number of aliphatic hydroxyl groups excluding tert-OH is 1. The summed E-state index contributed by atoms with van der Waals surface area (Å²) in [5.41, 5.74) is 0. The highest BCUT2D eigenvalue weighted by Gasteiger charge is 2.38. The summed E-state index contributed by atoms with van der Waals surface area (Å²) in [7, 11) is -3.32. The van der Waals surface area contributed by atoms with Crippen molar-refractivity contribution in [3.63, 3.8) is 0 Å². The molecule has 22 heavy (non-hydrogen) atoms. The number of hydrogen-bond donors (Lipinski definition) is 1. The number of rotatable bonds is 6. The van der Waals surface area contributed by atoms with E-state index >= 15 is 0 Å². The molecular weight excluding hydrogens is 306 g/mol. The molecule has 2 saturated heterocycles. The molecule has 0 aliphatic carbocycles. The maximum absolute atomic E-state index is 12.4. The Kier molecular flexibility index (Phi) is 4.76. The van der Waals surface area contributed by atoms with Gasteiger partial charge < -0.3 is 10.0 Å². The minimum Gasteiger partial charge on any atom is -0.389 e. The van der Waals surface area contributed by atoms with Gasteiger partial charge in [-0.05, 0) is 38.9 Å². The molecule has 0 saturated carbocycles. The lowest BCUT2D eigenvalue weighted by Crippen LogP contribution is -2.33. The van der Waals surface area contributed by atoms with E-state index in [9.17, 15) is 13.5 Å². The Balaban J connectivity index is 1.54. The Labute approximate surface area is 130 Å². The molecule has 2 atom stereocenters. The third-order valence-corrected chi connectivity index (χ3v) is 6.36. The summed E-state index contributed by atoms with van der Waals surface area (Å²) in [5.74, 6) is 0.139. The number of aliphatic hydroxyl groups is 1. The van der Waals surface area contributed by atoms with Crippen molar-refractivity contribution in [2.45, 2.75) is 31.4 Å². The summed E-state index contributed by atoms with van der Waals surface area (Å²) >= 11 is 0. The van der Waals surface area contributed by atoms with Crippen molar-refractivity contribution in [2.75, 3.05) is 38.5 Å². The minimum atomic E-state index is -3.32. The first-order valence-corrected chi connectivity index (χ1v) is 9.41. The van der Waals surface area contributed by atoms with E-state index in [1.807, 2.05) is 0 Å². The molecule has 0 amide bonds. The molecule has 0 spiro atoms. The van der Waals surface area contributed by atoms with Gasteiger partial charge in [0.15, 0.2) is 0 Å². The summed E-state index contributed by atoms with van der Waals surface area (Å²) in [6.07, 6.45) is 5.50. The second-order valence-corrected chi connectivity index (χ2v) is 8.14. The third-order valence-electron chi connectivity index (χ3n) is 4.48. The molecule has 1 N–H and O–H groups in total. The standard InChI is InChI=1S/C13H23N5O3S/c19-13-11-17(10-12(13)18-8-4-14-15-18)22(20,21)9-3-7-16-5-1-2-6-16/h4,8,12-13,19H,1-3,5-7,9-11H2/t12-,13-/m1/s1. The summed E-state index contributed by atoms with van der Waals surface area (Å²) in [6, 6.07) is -0.351. The van der Waals surface area contributed by atoms with E-state index in [0.717, 1.165) is 19.6 Å². The molecule has 3 rings (SSSR count). The fourth-order valence-electron chi connectivity index (χ4n) is 3.22. The van der Waals surface area contributed by atoms with Gasteiger partial charge in [-0.25, -0.2) is 13.1 Å². The molecule has 2 fully saturated rings. The first kappa shape index (κ1) is 15.9. The van der Waals surface area contributed by atoms with Crippen LogP contribution in [0.1, 0.15) is 25.3 Å². The second-order valence-electron chi connectivity index (χ2n) is 6.05. The van der Waals surface area contributed by atoms with Crippen molar-refractivity contribution in [1.29, 1.82) is 0 Å². The average molecular weight is 329 g/mol. The average Bonchev–Trinajstić information content (AvgIpc) is 3.18. The van der Waals surface area contributed by atoms with Gasteiger partial charge in [0.1, 0.15) is 0 Å². The molecule has 1 aromatic heterocycles. The molecule has 0 aromatic carbocycles. The Bertz CT molecular complexity index is 571. The zero-order valence-electron chi connectivity index (χ0n) is 12.6. The van der Waals surface area contributed by atoms with Crippen LogP contribution in [0.2, 0.25) is 0 Å².